The van der Waals surface area contributed by atoms with E-state index in [-0.39, 0.29) is 0 Å². The highest BCUT2D eigenvalue weighted by Crippen LogP contribution is 2.13. The van der Waals surface area contributed by atoms with Crippen LogP contribution in [-0.4, -0.2) is 8.42 Å². The first-order valence-corrected chi connectivity index (χ1v) is 3.77. The van der Waals surface area contributed by atoms with Gasteiger partial charge in [0.25, 0.3) is 0 Å². The maximum Gasteiger partial charge on any atom is 0.195 e. The van der Waals surface area contributed by atoms with E-state index in [2.05, 4.69) is 0 Å². The van der Waals surface area contributed by atoms with Crippen LogP contribution in [0.15, 0.2) is 22.5 Å². The molecule has 0 atom stereocenters. The van der Waals surface area contributed by atoms with Gasteiger partial charge in [0.15, 0.2) is 9.84 Å². The molecule has 1 aliphatic rings. The van der Waals surface area contributed by atoms with Crippen molar-refractivity contribution in [2.24, 2.45) is 0 Å². The summed E-state index contributed by atoms with van der Waals surface area (Å²) in [6, 6.07) is 0. The highest BCUT2D eigenvalue weighted by Gasteiger charge is 2.10. The fourth-order valence-electron chi connectivity index (χ4n) is 0.480. The van der Waals surface area contributed by atoms with Crippen LogP contribution in [0.1, 0.15) is 6.92 Å². The van der Waals surface area contributed by atoms with Crippen LogP contribution in [0.3, 0.4) is 0 Å². The molecule has 8 heavy (non-hydrogen) atoms. The summed E-state index contributed by atoms with van der Waals surface area (Å²) in [7, 11) is -2.94. The second-order valence-electron chi connectivity index (χ2n) is 1.65. The normalized spacial score (nSPS) is 23.4. The van der Waals surface area contributed by atoms with Crippen LogP contribution in [-0.2, 0) is 9.84 Å². The topological polar surface area (TPSA) is 34.1 Å². The van der Waals surface area contributed by atoms with Gasteiger partial charge in [-0.15, -0.1) is 0 Å². The van der Waals surface area contributed by atoms with Gasteiger partial charge in [0.05, 0.1) is 0 Å². The van der Waals surface area contributed by atoms with Gasteiger partial charge in [-0.1, -0.05) is 0 Å². The van der Waals surface area contributed by atoms with Crippen LogP contribution in [0.4, 0.5) is 0 Å². The Balaban J connectivity index is 3.26. The summed E-state index contributed by atoms with van der Waals surface area (Å²) in [4.78, 5) is 0.428. The maximum atomic E-state index is 10.6. The monoisotopic (exact) mass is 130 g/mol. The molecule has 2 nitrogen and oxygen atoms in total. The van der Waals surface area contributed by atoms with E-state index >= 15 is 0 Å². The van der Waals surface area contributed by atoms with Gasteiger partial charge in [0, 0.05) is 10.3 Å². The third-order valence-corrected chi connectivity index (χ3v) is 2.59. The van der Waals surface area contributed by atoms with Crippen LogP contribution < -0.4 is 0 Å². The molecule has 0 aliphatic carbocycles. The largest absolute Gasteiger partial charge is 0.219 e. The molecule has 0 bridgehead atoms. The Morgan fingerprint density at radius 2 is 2.12 bits per heavy atom. The zero-order chi connectivity index (χ0) is 6.20. The molecule has 3 heteroatoms. The molecule has 0 saturated heterocycles. The van der Waals surface area contributed by atoms with Crippen LogP contribution in [0.5, 0.6) is 0 Å². The Morgan fingerprint density at radius 1 is 1.50 bits per heavy atom. The van der Waals surface area contributed by atoms with Crippen molar-refractivity contribution in [3.8, 4) is 0 Å². The lowest BCUT2D eigenvalue weighted by molar-refractivity contribution is 0.611. The zero-order valence-corrected chi connectivity index (χ0v) is 5.27. The van der Waals surface area contributed by atoms with Gasteiger partial charge < -0.3 is 0 Å². The van der Waals surface area contributed by atoms with Crippen molar-refractivity contribution in [2.45, 2.75) is 6.92 Å². The Hall–Kier alpha value is -0.570. The van der Waals surface area contributed by atoms with E-state index in [0.29, 0.717) is 4.91 Å². The van der Waals surface area contributed by atoms with Gasteiger partial charge in [-0.3, -0.25) is 0 Å². The first kappa shape index (κ1) is 5.56. The second kappa shape index (κ2) is 1.45. The lowest BCUT2D eigenvalue weighted by atomic mass is 10.5. The highest BCUT2D eigenvalue weighted by molar-refractivity contribution is 7.98. The summed E-state index contributed by atoms with van der Waals surface area (Å²) in [5, 5.41) is 1.20. The van der Waals surface area contributed by atoms with Crippen molar-refractivity contribution in [3.63, 3.8) is 0 Å². The highest BCUT2D eigenvalue weighted by atomic mass is 32.2. The SMILES string of the molecule is CC1=CC=CS1(=O)=O. The molecular weight excluding hydrogens is 124 g/mol. The lowest BCUT2D eigenvalue weighted by Crippen LogP contribution is -1.89. The predicted octanol–water partition coefficient (Wildman–Crippen LogP) is 0.832. The molecule has 1 heterocycles. The fourth-order valence-corrected chi connectivity index (χ4v) is 1.25. The van der Waals surface area contributed by atoms with Crippen molar-refractivity contribution in [3.05, 3.63) is 22.5 Å². The van der Waals surface area contributed by atoms with Crippen LogP contribution in [0.25, 0.3) is 0 Å². The van der Waals surface area contributed by atoms with Crippen LogP contribution in [0, 0.1) is 0 Å². The van der Waals surface area contributed by atoms with E-state index in [1.54, 1.807) is 13.0 Å². The number of allylic oxidation sites excluding steroid dienone is 3. The molecule has 0 radical (unpaired) electrons. The smallest absolute Gasteiger partial charge is 0.195 e. The summed E-state index contributed by atoms with van der Waals surface area (Å²) in [5.74, 6) is 0. The molecule has 0 aromatic heterocycles. The Kier molecular flexibility index (Phi) is 1.01. The predicted molar refractivity (Wildman–Crippen MR) is 31.8 cm³/mol. The van der Waals surface area contributed by atoms with Crippen LogP contribution in [0.2, 0.25) is 0 Å². The molecule has 0 fully saturated rings. The van der Waals surface area contributed by atoms with Gasteiger partial charge in [0.2, 0.25) is 0 Å². The number of hydrogen-bond donors (Lipinski definition) is 0. The first-order chi connectivity index (χ1) is 3.63. The van der Waals surface area contributed by atoms with Gasteiger partial charge >= 0.3 is 0 Å². The maximum absolute atomic E-state index is 10.6. The minimum absolute atomic E-state index is 0.428. The average molecular weight is 130 g/mol. The third kappa shape index (κ3) is 0.690. The van der Waals surface area contributed by atoms with Crippen molar-refractivity contribution >= 4 is 9.84 Å². The minimum Gasteiger partial charge on any atom is -0.219 e. The summed E-state index contributed by atoms with van der Waals surface area (Å²) >= 11 is 0. The van der Waals surface area contributed by atoms with E-state index < -0.39 is 9.84 Å². The number of sulfone groups is 1. The van der Waals surface area contributed by atoms with Crippen molar-refractivity contribution in [2.75, 3.05) is 0 Å². The molecule has 1 aliphatic heterocycles. The van der Waals surface area contributed by atoms with Crippen LogP contribution >= 0.6 is 0 Å². The van der Waals surface area contributed by atoms with Gasteiger partial charge in [-0.25, -0.2) is 8.42 Å². The summed E-state index contributed by atoms with van der Waals surface area (Å²) in [5.41, 5.74) is 0. The molecule has 0 amide bonds. The lowest BCUT2D eigenvalue weighted by Gasteiger charge is -1.86. The summed E-state index contributed by atoms with van der Waals surface area (Å²) in [6.45, 7) is 1.58. The molecular formula is C5H6O2S. The van der Waals surface area contributed by atoms with E-state index in [1.807, 2.05) is 0 Å². The fraction of sp³-hybridized carbons (Fsp3) is 0.200. The van der Waals surface area contributed by atoms with E-state index in [0.717, 1.165) is 0 Å². The second-order valence-corrected chi connectivity index (χ2v) is 3.66. The Morgan fingerprint density at radius 3 is 2.25 bits per heavy atom. The molecule has 1 rings (SSSR count). The number of hydrogen-bond acceptors (Lipinski definition) is 2. The standard InChI is InChI=1S/C5H6O2S/c1-5-3-2-4-8(5,6)7/h2-4H,1H3. The number of rotatable bonds is 0. The van der Waals surface area contributed by atoms with E-state index in [1.165, 1.54) is 11.5 Å². The van der Waals surface area contributed by atoms with Gasteiger partial charge in [-0.2, -0.15) is 0 Å². The molecule has 0 unspecified atom stereocenters. The van der Waals surface area contributed by atoms with Crippen molar-refractivity contribution in [1.29, 1.82) is 0 Å². The zero-order valence-electron chi connectivity index (χ0n) is 4.46. The Labute approximate surface area is 48.4 Å². The first-order valence-electron chi connectivity index (χ1n) is 2.23. The van der Waals surface area contributed by atoms with Gasteiger partial charge in [-0.05, 0) is 19.1 Å². The van der Waals surface area contributed by atoms with Crippen molar-refractivity contribution < 1.29 is 8.42 Å². The quantitative estimate of drug-likeness (QED) is 0.486. The molecule has 0 N–H and O–H groups in total. The Bertz CT molecular complexity index is 244. The average Bonchev–Trinajstić information content (AvgIpc) is 1.86. The van der Waals surface area contributed by atoms with E-state index in [9.17, 15) is 8.42 Å². The van der Waals surface area contributed by atoms with E-state index in [4.69, 9.17) is 0 Å². The molecule has 0 saturated carbocycles. The minimum atomic E-state index is -2.94. The molecule has 0 aromatic rings. The molecule has 0 aromatic carbocycles. The third-order valence-electron chi connectivity index (χ3n) is 1.04. The molecule has 44 valence electrons. The summed E-state index contributed by atoms with van der Waals surface area (Å²) in [6.07, 6.45) is 3.11. The summed E-state index contributed by atoms with van der Waals surface area (Å²) < 4.78 is 21.2. The molecule has 0 spiro atoms. The van der Waals surface area contributed by atoms with Gasteiger partial charge in [0.1, 0.15) is 0 Å². The van der Waals surface area contributed by atoms with Crippen molar-refractivity contribution in [1.82, 2.24) is 0 Å².